The first-order valence-electron chi connectivity index (χ1n) is 6.46. The lowest BCUT2D eigenvalue weighted by molar-refractivity contribution is -0.122. The quantitative estimate of drug-likeness (QED) is 0.806. The number of nitrogens with zero attached hydrogens (tertiary/aromatic N) is 2. The standard InChI is InChI=1S/C15H18N2O3/c1-10-4-11(2)6-12(5-10)7-14-16-15(20-17-14)8-13(18)9-19-3/h4-6H,7-9H2,1-3H3. The summed E-state index contributed by atoms with van der Waals surface area (Å²) < 4.78 is 9.84. The van der Waals surface area contributed by atoms with Crippen LogP contribution in [0.1, 0.15) is 28.4 Å². The molecule has 106 valence electrons. The maximum absolute atomic E-state index is 11.4. The van der Waals surface area contributed by atoms with Crippen molar-refractivity contribution in [2.24, 2.45) is 0 Å². The molecule has 0 aliphatic carbocycles. The summed E-state index contributed by atoms with van der Waals surface area (Å²) in [7, 11) is 1.48. The Morgan fingerprint density at radius 1 is 1.25 bits per heavy atom. The summed E-state index contributed by atoms with van der Waals surface area (Å²) in [5.41, 5.74) is 3.55. The van der Waals surface area contributed by atoms with Gasteiger partial charge >= 0.3 is 0 Å². The van der Waals surface area contributed by atoms with Gasteiger partial charge in [0, 0.05) is 13.5 Å². The average Bonchev–Trinajstić information content (AvgIpc) is 2.75. The Bertz CT molecular complexity index is 585. The maximum Gasteiger partial charge on any atom is 0.234 e. The van der Waals surface area contributed by atoms with Gasteiger partial charge in [-0.05, 0) is 19.4 Å². The molecule has 5 heteroatoms. The normalized spacial score (nSPS) is 10.8. The topological polar surface area (TPSA) is 65.2 Å². The molecule has 0 spiro atoms. The van der Waals surface area contributed by atoms with Gasteiger partial charge in [0.05, 0.1) is 6.42 Å². The van der Waals surface area contributed by atoms with E-state index in [0.717, 1.165) is 5.56 Å². The first kappa shape index (κ1) is 14.4. The SMILES string of the molecule is COCC(=O)Cc1nc(Cc2cc(C)cc(C)c2)no1. The Morgan fingerprint density at radius 3 is 2.60 bits per heavy atom. The zero-order valence-corrected chi connectivity index (χ0v) is 12.0. The highest BCUT2D eigenvalue weighted by Gasteiger charge is 2.11. The zero-order valence-electron chi connectivity index (χ0n) is 12.0. The molecule has 2 aromatic rings. The minimum atomic E-state index is -0.0749. The van der Waals surface area contributed by atoms with Crippen molar-refractivity contribution < 1.29 is 14.1 Å². The van der Waals surface area contributed by atoms with Gasteiger partial charge in [0.25, 0.3) is 0 Å². The van der Waals surface area contributed by atoms with Crippen LogP contribution in [0.5, 0.6) is 0 Å². The molecule has 0 aliphatic rings. The highest BCUT2D eigenvalue weighted by molar-refractivity contribution is 5.81. The van der Waals surface area contributed by atoms with Crippen LogP contribution in [0.25, 0.3) is 0 Å². The summed E-state index contributed by atoms with van der Waals surface area (Å²) in [5.74, 6) is 0.857. The Hall–Kier alpha value is -2.01. The van der Waals surface area contributed by atoms with Gasteiger partial charge in [-0.1, -0.05) is 34.5 Å². The number of carbonyl (C=O) groups is 1. The largest absolute Gasteiger partial charge is 0.377 e. The van der Waals surface area contributed by atoms with Gasteiger partial charge in [-0.25, -0.2) is 0 Å². The predicted octanol–water partition coefficient (Wildman–Crippen LogP) is 2.04. The van der Waals surface area contributed by atoms with Crippen LogP contribution in [-0.2, 0) is 22.4 Å². The maximum atomic E-state index is 11.4. The van der Waals surface area contributed by atoms with E-state index in [2.05, 4.69) is 42.2 Å². The third-order valence-electron chi connectivity index (χ3n) is 2.81. The van der Waals surface area contributed by atoms with Crippen molar-refractivity contribution in [2.75, 3.05) is 13.7 Å². The van der Waals surface area contributed by atoms with E-state index in [1.54, 1.807) is 0 Å². The number of benzene rings is 1. The zero-order chi connectivity index (χ0) is 14.5. The number of hydrogen-bond donors (Lipinski definition) is 0. The second kappa shape index (κ2) is 6.43. The summed E-state index contributed by atoms with van der Waals surface area (Å²) >= 11 is 0. The molecule has 0 radical (unpaired) electrons. The molecule has 1 aromatic carbocycles. The lowest BCUT2D eigenvalue weighted by atomic mass is 10.1. The highest BCUT2D eigenvalue weighted by Crippen LogP contribution is 2.12. The average molecular weight is 274 g/mol. The monoisotopic (exact) mass is 274 g/mol. The highest BCUT2D eigenvalue weighted by atomic mass is 16.5. The third-order valence-corrected chi connectivity index (χ3v) is 2.81. The van der Waals surface area contributed by atoms with Gasteiger partial charge in [-0.2, -0.15) is 4.98 Å². The number of aryl methyl sites for hydroxylation is 2. The molecule has 0 fully saturated rings. The van der Waals surface area contributed by atoms with Crippen LogP contribution in [0.2, 0.25) is 0 Å². The van der Waals surface area contributed by atoms with E-state index >= 15 is 0 Å². The van der Waals surface area contributed by atoms with Crippen molar-refractivity contribution >= 4 is 5.78 Å². The van der Waals surface area contributed by atoms with Crippen LogP contribution in [0.3, 0.4) is 0 Å². The minimum absolute atomic E-state index is 0.0643. The molecule has 1 heterocycles. The van der Waals surface area contributed by atoms with E-state index in [0.29, 0.717) is 18.1 Å². The second-order valence-electron chi connectivity index (χ2n) is 4.93. The summed E-state index contributed by atoms with van der Waals surface area (Å²) in [6.07, 6.45) is 0.720. The van der Waals surface area contributed by atoms with Crippen LogP contribution in [0.4, 0.5) is 0 Å². The van der Waals surface area contributed by atoms with Crippen molar-refractivity contribution in [1.29, 1.82) is 0 Å². The molecule has 0 N–H and O–H groups in total. The summed E-state index contributed by atoms with van der Waals surface area (Å²) in [5, 5.41) is 3.90. The van der Waals surface area contributed by atoms with Gasteiger partial charge in [0.15, 0.2) is 11.6 Å². The van der Waals surface area contributed by atoms with Crippen LogP contribution >= 0.6 is 0 Å². The number of methoxy groups -OCH3 is 1. The molecule has 0 saturated heterocycles. The number of Topliss-reactive ketones (excluding diaryl/α,β-unsaturated/α-hetero) is 1. The molecule has 1 aromatic heterocycles. The van der Waals surface area contributed by atoms with Gasteiger partial charge in [0.2, 0.25) is 5.89 Å². The molecule has 0 unspecified atom stereocenters. The lowest BCUT2D eigenvalue weighted by Crippen LogP contribution is -2.09. The molecule has 5 nitrogen and oxygen atoms in total. The first-order chi connectivity index (χ1) is 9.56. The number of hydrogen-bond acceptors (Lipinski definition) is 5. The van der Waals surface area contributed by atoms with Gasteiger partial charge in [-0.15, -0.1) is 0 Å². The van der Waals surface area contributed by atoms with E-state index in [1.807, 2.05) is 0 Å². The fourth-order valence-corrected chi connectivity index (χ4v) is 2.17. The Morgan fingerprint density at radius 2 is 1.95 bits per heavy atom. The van der Waals surface area contributed by atoms with Crippen LogP contribution < -0.4 is 0 Å². The number of carbonyl (C=O) groups excluding carboxylic acids is 1. The minimum Gasteiger partial charge on any atom is -0.377 e. The smallest absolute Gasteiger partial charge is 0.234 e. The Kier molecular flexibility index (Phi) is 4.63. The molecular formula is C15H18N2O3. The number of rotatable bonds is 6. The summed E-state index contributed by atoms with van der Waals surface area (Å²) in [4.78, 5) is 15.6. The fraction of sp³-hybridized carbons (Fsp3) is 0.400. The molecule has 0 atom stereocenters. The van der Waals surface area contributed by atoms with E-state index in [1.165, 1.54) is 18.2 Å². The first-order valence-corrected chi connectivity index (χ1v) is 6.46. The predicted molar refractivity (Wildman–Crippen MR) is 73.6 cm³/mol. The molecule has 0 bridgehead atoms. The van der Waals surface area contributed by atoms with E-state index in [4.69, 9.17) is 9.26 Å². The molecule has 2 rings (SSSR count). The number of aromatic nitrogens is 2. The Balaban J connectivity index is 2.03. The van der Waals surface area contributed by atoms with Gasteiger partial charge in [-0.3, -0.25) is 4.79 Å². The second-order valence-corrected chi connectivity index (χ2v) is 4.93. The third kappa shape index (κ3) is 3.99. The summed E-state index contributed by atoms with van der Waals surface area (Å²) in [6, 6.07) is 6.31. The van der Waals surface area contributed by atoms with Crippen molar-refractivity contribution in [1.82, 2.24) is 10.1 Å². The fourth-order valence-electron chi connectivity index (χ4n) is 2.17. The van der Waals surface area contributed by atoms with Crippen LogP contribution in [0, 0.1) is 13.8 Å². The van der Waals surface area contributed by atoms with Crippen molar-refractivity contribution in [3.63, 3.8) is 0 Å². The van der Waals surface area contributed by atoms with E-state index < -0.39 is 0 Å². The molecule has 20 heavy (non-hydrogen) atoms. The van der Waals surface area contributed by atoms with E-state index in [9.17, 15) is 4.79 Å². The van der Waals surface area contributed by atoms with Gasteiger partial charge in [0.1, 0.15) is 6.61 Å². The van der Waals surface area contributed by atoms with Crippen molar-refractivity contribution in [3.05, 3.63) is 46.6 Å². The lowest BCUT2D eigenvalue weighted by Gasteiger charge is -2.01. The number of ketones is 1. The molecule has 0 saturated carbocycles. The molecule has 0 aliphatic heterocycles. The summed E-state index contributed by atoms with van der Waals surface area (Å²) in [6.45, 7) is 4.18. The molecule has 0 amide bonds. The van der Waals surface area contributed by atoms with Crippen molar-refractivity contribution in [2.45, 2.75) is 26.7 Å². The molecular weight excluding hydrogens is 256 g/mol. The Labute approximate surface area is 118 Å². The van der Waals surface area contributed by atoms with Crippen LogP contribution in [-0.4, -0.2) is 29.6 Å². The van der Waals surface area contributed by atoms with E-state index in [-0.39, 0.29) is 18.8 Å². The van der Waals surface area contributed by atoms with Gasteiger partial charge < -0.3 is 9.26 Å². The van der Waals surface area contributed by atoms with Crippen molar-refractivity contribution in [3.8, 4) is 0 Å². The van der Waals surface area contributed by atoms with Crippen LogP contribution in [0.15, 0.2) is 22.7 Å². The number of ether oxygens (including phenoxy) is 1.